The van der Waals surface area contributed by atoms with Gasteiger partial charge in [-0.2, -0.15) is 0 Å². The van der Waals surface area contributed by atoms with E-state index in [-0.39, 0.29) is 5.41 Å². The van der Waals surface area contributed by atoms with Gasteiger partial charge in [-0.25, -0.2) is 0 Å². The molecule has 0 heterocycles. The highest BCUT2D eigenvalue weighted by molar-refractivity contribution is 5.81. The van der Waals surface area contributed by atoms with E-state index in [9.17, 15) is 0 Å². The van der Waals surface area contributed by atoms with E-state index >= 15 is 0 Å². The van der Waals surface area contributed by atoms with Crippen LogP contribution in [0.3, 0.4) is 0 Å². The van der Waals surface area contributed by atoms with Gasteiger partial charge in [-0.3, -0.25) is 0 Å². The van der Waals surface area contributed by atoms with Crippen LogP contribution in [0.15, 0.2) is 24.3 Å². The topological polar surface area (TPSA) is 24.1 Å². The Balaban J connectivity index is 1.85. The Kier molecular flexibility index (Phi) is 6.51. The molecule has 0 aliphatic heterocycles. The molecule has 3 aliphatic carbocycles. The van der Waals surface area contributed by atoms with Crippen LogP contribution in [-0.2, 0) is 5.41 Å². The van der Waals surface area contributed by atoms with Crippen LogP contribution in [0.4, 0.5) is 0 Å². The van der Waals surface area contributed by atoms with Gasteiger partial charge < -0.3 is 10.6 Å². The van der Waals surface area contributed by atoms with Gasteiger partial charge in [-0.1, -0.05) is 50.0 Å². The summed E-state index contributed by atoms with van der Waals surface area (Å²) in [5.41, 5.74) is 6.92. The van der Waals surface area contributed by atoms with Crippen LogP contribution in [0.25, 0.3) is 5.57 Å². The fourth-order valence-electron chi connectivity index (χ4n) is 6.61. The lowest BCUT2D eigenvalue weighted by Crippen LogP contribution is -2.38. The van der Waals surface area contributed by atoms with E-state index in [0.717, 1.165) is 11.8 Å². The average molecular weight is 395 g/mol. The molecule has 2 heteroatoms. The molecule has 160 valence electrons. The Morgan fingerprint density at radius 1 is 0.862 bits per heavy atom. The molecule has 0 saturated heterocycles. The molecule has 2 saturated carbocycles. The van der Waals surface area contributed by atoms with Crippen molar-refractivity contribution in [3.63, 3.8) is 0 Å². The summed E-state index contributed by atoms with van der Waals surface area (Å²) in [6.07, 6.45) is 16.4. The normalized spacial score (nSPS) is 27.2. The maximum Gasteiger partial charge on any atom is 0.0173 e. The smallest absolute Gasteiger partial charge is 0.0173 e. The van der Waals surface area contributed by atoms with E-state index in [2.05, 4.69) is 62.9 Å². The van der Waals surface area contributed by atoms with Crippen molar-refractivity contribution in [2.75, 3.05) is 14.1 Å². The molecule has 2 nitrogen and oxygen atoms in total. The molecule has 2 fully saturated rings. The number of hydrogen-bond acceptors (Lipinski definition) is 2. The lowest BCUT2D eigenvalue weighted by Gasteiger charge is -2.35. The van der Waals surface area contributed by atoms with Crippen molar-refractivity contribution in [3.8, 4) is 0 Å². The van der Waals surface area contributed by atoms with Crippen molar-refractivity contribution >= 4 is 5.57 Å². The average Bonchev–Trinajstić information content (AvgIpc) is 3.49. The van der Waals surface area contributed by atoms with E-state index in [1.807, 2.05) is 0 Å². The second-order valence-electron chi connectivity index (χ2n) is 10.3. The third-order valence-corrected chi connectivity index (χ3v) is 8.27. The van der Waals surface area contributed by atoms with E-state index < -0.39 is 0 Å². The quantitative estimate of drug-likeness (QED) is 0.551. The highest BCUT2D eigenvalue weighted by Gasteiger charge is 2.43. The molecule has 1 aromatic rings. The molecule has 3 aliphatic rings. The predicted octanol–water partition coefficient (Wildman–Crippen LogP) is 6.17. The fourth-order valence-corrected chi connectivity index (χ4v) is 6.61. The summed E-state index contributed by atoms with van der Waals surface area (Å²) < 4.78 is 0. The van der Waals surface area contributed by atoms with Gasteiger partial charge in [0.05, 0.1) is 0 Å². The van der Waals surface area contributed by atoms with Gasteiger partial charge in [0.15, 0.2) is 0 Å². The van der Waals surface area contributed by atoms with Crippen LogP contribution in [-0.4, -0.2) is 26.2 Å². The van der Waals surface area contributed by atoms with Crippen LogP contribution in [0, 0.1) is 5.92 Å². The lowest BCUT2D eigenvalue weighted by atomic mass is 9.72. The summed E-state index contributed by atoms with van der Waals surface area (Å²) >= 11 is 0. The number of fused-ring (bicyclic) bond motifs is 1. The van der Waals surface area contributed by atoms with Gasteiger partial charge in [0, 0.05) is 17.5 Å². The van der Waals surface area contributed by atoms with Gasteiger partial charge in [-0.05, 0) is 101 Å². The second kappa shape index (κ2) is 8.94. The molecule has 0 radical (unpaired) electrons. The summed E-state index contributed by atoms with van der Waals surface area (Å²) in [5, 5.41) is 7.09. The van der Waals surface area contributed by atoms with Gasteiger partial charge in [-0.15, -0.1) is 0 Å². The highest BCUT2D eigenvalue weighted by atomic mass is 14.9. The minimum atomic E-state index is 0.159. The van der Waals surface area contributed by atoms with Crippen molar-refractivity contribution < 1.29 is 0 Å². The zero-order chi connectivity index (χ0) is 20.4. The highest BCUT2D eigenvalue weighted by Crippen LogP contribution is 2.54. The zero-order valence-corrected chi connectivity index (χ0v) is 19.2. The second-order valence-corrected chi connectivity index (χ2v) is 10.3. The summed E-state index contributed by atoms with van der Waals surface area (Å²) in [6.45, 7) is 4.71. The molecule has 1 aromatic carbocycles. The first kappa shape index (κ1) is 21.1. The number of nitrogens with one attached hydrogen (secondary N) is 2. The van der Waals surface area contributed by atoms with Gasteiger partial charge in [0.1, 0.15) is 0 Å². The van der Waals surface area contributed by atoms with E-state index in [0.29, 0.717) is 12.1 Å². The Bertz CT molecular complexity index is 710. The van der Waals surface area contributed by atoms with Crippen molar-refractivity contribution in [1.82, 2.24) is 10.6 Å². The zero-order valence-electron chi connectivity index (χ0n) is 19.2. The van der Waals surface area contributed by atoms with Gasteiger partial charge in [0.25, 0.3) is 0 Å². The molecular weight excluding hydrogens is 352 g/mol. The van der Waals surface area contributed by atoms with Crippen LogP contribution in [0.2, 0.25) is 0 Å². The standard InChI is InChI=1S/C27H42N2/c1-19(28-3)16-27(17-20(2)29-4)18-24(22-12-7-8-13-22)26-23(14-9-15-25(26)27)21-10-5-6-11-21/h9,14-15,18-22,28-29H,5-8,10-13,16-17H2,1-4H3. The van der Waals surface area contributed by atoms with Crippen molar-refractivity contribution in [3.05, 3.63) is 41.0 Å². The summed E-state index contributed by atoms with van der Waals surface area (Å²) in [4.78, 5) is 0. The Morgan fingerprint density at radius 2 is 1.41 bits per heavy atom. The Morgan fingerprint density at radius 3 is 1.97 bits per heavy atom. The monoisotopic (exact) mass is 394 g/mol. The third kappa shape index (κ3) is 4.08. The van der Waals surface area contributed by atoms with Crippen molar-refractivity contribution in [1.29, 1.82) is 0 Å². The molecule has 0 bridgehead atoms. The summed E-state index contributed by atoms with van der Waals surface area (Å²) in [5.74, 6) is 1.57. The first-order valence-corrected chi connectivity index (χ1v) is 12.3. The van der Waals surface area contributed by atoms with Crippen molar-refractivity contribution in [2.24, 2.45) is 5.92 Å². The molecule has 2 atom stereocenters. The molecule has 2 N–H and O–H groups in total. The van der Waals surface area contributed by atoms with Crippen LogP contribution >= 0.6 is 0 Å². The maximum absolute atomic E-state index is 3.54. The van der Waals surface area contributed by atoms with Crippen LogP contribution in [0.5, 0.6) is 0 Å². The molecule has 29 heavy (non-hydrogen) atoms. The minimum absolute atomic E-state index is 0.159. The molecule has 4 rings (SSSR count). The first-order chi connectivity index (χ1) is 14.1. The van der Waals surface area contributed by atoms with E-state index in [1.54, 1.807) is 22.3 Å². The van der Waals surface area contributed by atoms with E-state index in [4.69, 9.17) is 0 Å². The van der Waals surface area contributed by atoms with Crippen LogP contribution in [0.1, 0.15) is 101 Å². The predicted molar refractivity (Wildman–Crippen MR) is 126 cm³/mol. The minimum Gasteiger partial charge on any atom is -0.317 e. The Labute approximate surface area is 178 Å². The summed E-state index contributed by atoms with van der Waals surface area (Å²) in [7, 11) is 4.23. The number of hydrogen-bond donors (Lipinski definition) is 2. The molecule has 0 spiro atoms. The van der Waals surface area contributed by atoms with Crippen molar-refractivity contribution in [2.45, 2.75) is 101 Å². The van der Waals surface area contributed by atoms with Crippen LogP contribution < -0.4 is 10.6 Å². The van der Waals surface area contributed by atoms with E-state index in [1.165, 1.54) is 64.2 Å². The number of benzene rings is 1. The largest absolute Gasteiger partial charge is 0.317 e. The number of rotatable bonds is 8. The molecule has 2 unspecified atom stereocenters. The maximum atomic E-state index is 3.54. The lowest BCUT2D eigenvalue weighted by molar-refractivity contribution is 0.357. The first-order valence-electron chi connectivity index (χ1n) is 12.3. The Hall–Kier alpha value is -1.12. The third-order valence-electron chi connectivity index (χ3n) is 8.27. The molecule has 0 amide bonds. The fraction of sp³-hybridized carbons (Fsp3) is 0.704. The van der Waals surface area contributed by atoms with Gasteiger partial charge in [0.2, 0.25) is 0 Å². The molecular formula is C27H42N2. The number of allylic oxidation sites excluding steroid dienone is 2. The summed E-state index contributed by atoms with van der Waals surface area (Å²) in [6, 6.07) is 8.37. The molecule has 0 aromatic heterocycles. The van der Waals surface area contributed by atoms with Gasteiger partial charge >= 0.3 is 0 Å². The SMILES string of the molecule is CNC(C)CC1(CC(C)NC)C=C(C2CCCC2)c2c(C3CCCC3)cccc21.